The van der Waals surface area contributed by atoms with E-state index in [0.29, 0.717) is 69.2 Å². The molecule has 57 heavy (non-hydrogen) atoms. The van der Waals surface area contributed by atoms with Crippen molar-refractivity contribution in [3.8, 4) is 17.2 Å². The summed E-state index contributed by atoms with van der Waals surface area (Å²) in [4.78, 5) is 0. The number of nitrogens with zero attached hydrogens (tertiary/aromatic N) is 1. The zero-order valence-electron chi connectivity index (χ0n) is 31.6. The zero-order chi connectivity index (χ0) is 42.7. The molecule has 0 aliphatic heterocycles. The molecule has 0 fully saturated rings. The van der Waals surface area contributed by atoms with Crippen molar-refractivity contribution in [3.63, 3.8) is 0 Å². The fourth-order valence-electron chi connectivity index (χ4n) is 6.02. The molecule has 18 heteroatoms. The molecule has 0 saturated heterocycles. The number of hydrogen-bond acceptors (Lipinski definition) is 4. The molecule has 1 atom stereocenters. The standard InChI is InChI=1S/C33H38BF9NO4.C6H2F3/c1-6-9-12-44(13-10-7-2,14-11-8-3)33(4,45-5)28-27(19-26(39)31(42)32(28)43)48-34(46-20-15-22(35)29(40)23(36)16-20)47-21-17-24(37)30(41)25(38)18-21;7-4-2-1-3-5(8)6(4)9/h15-19H,6-14H2,1-5H3;2-3H/q+1;-1. The maximum Gasteiger partial charge on any atom is 0.864 e. The summed E-state index contributed by atoms with van der Waals surface area (Å²) in [5.74, 6) is -22.0. The Bertz CT molecular complexity index is 1830. The van der Waals surface area contributed by atoms with Crippen LogP contribution in [0.5, 0.6) is 17.2 Å². The van der Waals surface area contributed by atoms with Gasteiger partial charge in [-0.15, -0.1) is 12.1 Å². The molecule has 0 heterocycles. The van der Waals surface area contributed by atoms with Crippen LogP contribution < -0.4 is 14.0 Å². The second kappa shape index (κ2) is 20.7. The van der Waals surface area contributed by atoms with Crippen molar-refractivity contribution in [1.29, 1.82) is 0 Å². The van der Waals surface area contributed by atoms with Crippen molar-refractivity contribution < 1.29 is 75.9 Å². The number of benzene rings is 4. The molecule has 4 aromatic carbocycles. The van der Waals surface area contributed by atoms with Crippen molar-refractivity contribution in [3.05, 3.63) is 124 Å². The van der Waals surface area contributed by atoms with Crippen molar-refractivity contribution in [2.75, 3.05) is 26.7 Å². The summed E-state index contributed by atoms with van der Waals surface area (Å²) in [6, 6.07) is 5.51. The summed E-state index contributed by atoms with van der Waals surface area (Å²) in [7, 11) is -1.13. The van der Waals surface area contributed by atoms with Gasteiger partial charge in [-0.3, -0.25) is 13.3 Å². The Labute approximate surface area is 322 Å². The van der Waals surface area contributed by atoms with Crippen molar-refractivity contribution in [2.24, 2.45) is 0 Å². The molecule has 5 nitrogen and oxygen atoms in total. The maximum atomic E-state index is 16.2. The number of methoxy groups -OCH3 is 1. The van der Waals surface area contributed by atoms with Crippen molar-refractivity contribution in [1.82, 2.24) is 0 Å². The van der Waals surface area contributed by atoms with Crippen molar-refractivity contribution in [2.45, 2.75) is 71.9 Å². The highest BCUT2D eigenvalue weighted by atomic mass is 19.2. The average molecular weight is 826 g/mol. The average Bonchev–Trinajstić information content (AvgIpc) is 3.17. The number of hydrogen-bond donors (Lipinski definition) is 0. The van der Waals surface area contributed by atoms with E-state index in [-0.39, 0.29) is 4.48 Å². The molecule has 0 N–H and O–H groups in total. The van der Waals surface area contributed by atoms with Crippen LogP contribution in [0.1, 0.15) is 71.8 Å². The second-order valence-corrected chi connectivity index (χ2v) is 12.9. The van der Waals surface area contributed by atoms with Gasteiger partial charge in [0.1, 0.15) is 22.8 Å². The first-order valence-corrected chi connectivity index (χ1v) is 17.8. The van der Waals surface area contributed by atoms with Gasteiger partial charge in [0.25, 0.3) is 0 Å². The van der Waals surface area contributed by atoms with Gasteiger partial charge in [0.2, 0.25) is 5.72 Å². The third kappa shape index (κ3) is 11.1. The van der Waals surface area contributed by atoms with Gasteiger partial charge in [0, 0.05) is 56.0 Å². The maximum absolute atomic E-state index is 16.2. The van der Waals surface area contributed by atoms with E-state index in [4.69, 9.17) is 18.7 Å². The predicted molar refractivity (Wildman–Crippen MR) is 186 cm³/mol. The van der Waals surface area contributed by atoms with Crippen LogP contribution in [0.25, 0.3) is 0 Å². The molecule has 0 aliphatic rings. The van der Waals surface area contributed by atoms with Gasteiger partial charge in [-0.2, -0.15) is 6.07 Å². The fourth-order valence-corrected chi connectivity index (χ4v) is 6.02. The summed E-state index contributed by atoms with van der Waals surface area (Å²) in [5.41, 5.74) is -2.39. The van der Waals surface area contributed by atoms with E-state index in [0.717, 1.165) is 31.4 Å². The van der Waals surface area contributed by atoms with Crippen LogP contribution in [0.4, 0.5) is 52.7 Å². The number of rotatable bonds is 18. The Morgan fingerprint density at radius 2 is 0.895 bits per heavy atom. The third-order valence-electron chi connectivity index (χ3n) is 9.15. The predicted octanol–water partition coefficient (Wildman–Crippen LogP) is 11.4. The molecule has 0 bridgehead atoms. The van der Waals surface area contributed by atoms with Gasteiger partial charge in [-0.05, 0) is 19.3 Å². The second-order valence-electron chi connectivity index (χ2n) is 12.9. The SMILES string of the molecule is CCCC[N+](CCCC)(CCCC)C(C)(OC)c1c(OB(Oc2cc(F)c(F)c(F)c2)Oc2cc(F)c(F)c(F)c2)cc(F)c(F)c1F.Fc1c[c-]cc(F)c1F. The fraction of sp³-hybridized carbons (Fsp3) is 0.385. The van der Waals surface area contributed by atoms with Crippen LogP contribution in [0.3, 0.4) is 0 Å². The lowest BCUT2D eigenvalue weighted by Gasteiger charge is -2.51. The van der Waals surface area contributed by atoms with Gasteiger partial charge in [-0.1, -0.05) is 40.0 Å². The number of ether oxygens (including phenoxy) is 1. The zero-order valence-corrected chi connectivity index (χ0v) is 31.6. The largest absolute Gasteiger partial charge is 0.864 e. The first kappa shape index (κ1) is 46.8. The Hall–Kier alpha value is -4.58. The molecule has 0 amide bonds. The minimum atomic E-state index is -2.40. The van der Waals surface area contributed by atoms with Crippen LogP contribution in [-0.2, 0) is 10.5 Å². The number of quaternary nitrogens is 1. The molecule has 1 unspecified atom stereocenters. The smallest absolute Gasteiger partial charge is 0.489 e. The number of halogens is 12. The minimum absolute atomic E-state index is 0.0481. The van der Waals surface area contributed by atoms with E-state index in [2.05, 4.69) is 6.07 Å². The van der Waals surface area contributed by atoms with Gasteiger partial charge in [0.15, 0.2) is 52.4 Å². The molecule has 0 aliphatic carbocycles. The van der Waals surface area contributed by atoms with Crippen LogP contribution in [0, 0.1) is 75.9 Å². The number of unbranched alkanes of at least 4 members (excludes halogenated alkanes) is 3. The van der Waals surface area contributed by atoms with E-state index in [9.17, 15) is 43.9 Å². The summed E-state index contributed by atoms with van der Waals surface area (Å²) in [5, 5.41) is 0. The molecular formula is C39H40BF12NO4. The quantitative estimate of drug-likeness (QED) is 0.0250. The topological polar surface area (TPSA) is 36.9 Å². The van der Waals surface area contributed by atoms with E-state index in [1.807, 2.05) is 20.8 Å². The Morgan fingerprint density at radius 1 is 0.526 bits per heavy atom. The Balaban J connectivity index is 0.000000847. The van der Waals surface area contributed by atoms with E-state index < -0.39 is 106 Å². The van der Waals surface area contributed by atoms with E-state index in [1.165, 1.54) is 14.0 Å². The first-order chi connectivity index (χ1) is 26.9. The lowest BCUT2D eigenvalue weighted by Crippen LogP contribution is -2.63. The summed E-state index contributed by atoms with van der Waals surface area (Å²) >= 11 is 0. The van der Waals surface area contributed by atoms with E-state index >= 15 is 8.78 Å². The summed E-state index contributed by atoms with van der Waals surface area (Å²) < 4.78 is 188. The van der Waals surface area contributed by atoms with Crippen molar-refractivity contribution >= 4 is 7.32 Å². The highest BCUT2D eigenvalue weighted by Crippen LogP contribution is 2.45. The molecule has 0 aromatic heterocycles. The monoisotopic (exact) mass is 825 g/mol. The highest BCUT2D eigenvalue weighted by molar-refractivity contribution is 6.39. The van der Waals surface area contributed by atoms with Gasteiger partial charge in [0.05, 0.1) is 25.5 Å². The Morgan fingerprint density at radius 3 is 1.25 bits per heavy atom. The van der Waals surface area contributed by atoms with Crippen LogP contribution in [-0.4, -0.2) is 38.5 Å². The summed E-state index contributed by atoms with van der Waals surface area (Å²) in [6.45, 7) is 8.63. The first-order valence-electron chi connectivity index (χ1n) is 17.8. The molecule has 0 radical (unpaired) electrons. The van der Waals surface area contributed by atoms with Crippen LogP contribution >= 0.6 is 0 Å². The van der Waals surface area contributed by atoms with Crippen LogP contribution in [0.15, 0.2) is 42.5 Å². The van der Waals surface area contributed by atoms with Gasteiger partial charge in [-0.25, -0.2) is 43.9 Å². The molecule has 0 saturated carbocycles. The minimum Gasteiger partial charge on any atom is -0.489 e. The molecule has 312 valence electrons. The highest BCUT2D eigenvalue weighted by Gasteiger charge is 2.53. The van der Waals surface area contributed by atoms with E-state index in [1.54, 1.807) is 0 Å². The lowest BCUT2D eigenvalue weighted by atomic mass is 9.94. The molecule has 4 rings (SSSR count). The van der Waals surface area contributed by atoms with Crippen LogP contribution in [0.2, 0.25) is 0 Å². The third-order valence-corrected chi connectivity index (χ3v) is 9.15. The molecule has 4 aromatic rings. The van der Waals surface area contributed by atoms with Gasteiger partial charge >= 0.3 is 7.32 Å². The molecule has 0 spiro atoms. The Kier molecular flexibility index (Phi) is 17.0. The lowest BCUT2D eigenvalue weighted by molar-refractivity contribution is -1.01. The van der Waals surface area contributed by atoms with Gasteiger partial charge < -0.3 is 18.7 Å². The molecular weight excluding hydrogens is 785 g/mol. The normalized spacial score (nSPS) is 12.4. The summed E-state index contributed by atoms with van der Waals surface area (Å²) in [6.07, 6.45) is 4.15.